The minimum absolute atomic E-state index is 0.0216. The smallest absolute Gasteiger partial charge is 0.178 e. The molecule has 0 aliphatic heterocycles. The van der Waals surface area contributed by atoms with Gasteiger partial charge in [-0.25, -0.2) is 9.97 Å². The van der Waals surface area contributed by atoms with Crippen molar-refractivity contribution >= 4 is 11.2 Å². The lowest BCUT2D eigenvalue weighted by molar-refractivity contribution is 0.242. The average molecular weight is 389 g/mol. The molecule has 6 heteroatoms. The zero-order chi connectivity index (χ0) is 20.2. The second-order valence-corrected chi connectivity index (χ2v) is 7.06. The summed E-state index contributed by atoms with van der Waals surface area (Å²) in [6.07, 6.45) is 1.64. The van der Waals surface area contributed by atoms with Gasteiger partial charge in [-0.2, -0.15) is 0 Å². The van der Waals surface area contributed by atoms with E-state index in [4.69, 9.17) is 9.47 Å². The summed E-state index contributed by atoms with van der Waals surface area (Å²) in [5.41, 5.74) is 3.97. The summed E-state index contributed by atoms with van der Waals surface area (Å²) in [6, 6.07) is 17.6. The monoisotopic (exact) mass is 389 g/mol. The van der Waals surface area contributed by atoms with Crippen molar-refractivity contribution in [1.82, 2.24) is 15.0 Å². The number of fused-ring (bicyclic) bond motifs is 1. The highest BCUT2D eigenvalue weighted by atomic mass is 16.5. The van der Waals surface area contributed by atoms with Gasteiger partial charge in [-0.05, 0) is 49.2 Å². The van der Waals surface area contributed by atoms with E-state index >= 15 is 0 Å². The highest BCUT2D eigenvalue weighted by Gasteiger charge is 2.15. The first kappa shape index (κ1) is 19.0. The molecule has 29 heavy (non-hydrogen) atoms. The van der Waals surface area contributed by atoms with E-state index in [1.165, 1.54) is 0 Å². The fourth-order valence-electron chi connectivity index (χ4n) is 3.04. The van der Waals surface area contributed by atoms with Gasteiger partial charge in [0, 0.05) is 6.20 Å². The lowest BCUT2D eigenvalue weighted by Gasteiger charge is -2.15. The number of rotatable bonds is 7. The third-order valence-electron chi connectivity index (χ3n) is 4.39. The number of nitrogens with one attached hydrogen (secondary N) is 1. The van der Waals surface area contributed by atoms with Crippen molar-refractivity contribution in [2.45, 2.75) is 33.2 Å². The number of nitrogens with zero attached hydrogens (tertiary/aromatic N) is 2. The van der Waals surface area contributed by atoms with Gasteiger partial charge in [0.25, 0.3) is 0 Å². The summed E-state index contributed by atoms with van der Waals surface area (Å²) in [5.74, 6) is 2.08. The molecule has 2 heterocycles. The molecular weight excluding hydrogens is 366 g/mol. The van der Waals surface area contributed by atoms with Gasteiger partial charge in [-0.15, -0.1) is 0 Å². The maximum Gasteiger partial charge on any atom is 0.178 e. The van der Waals surface area contributed by atoms with Gasteiger partial charge in [0.2, 0.25) is 0 Å². The second kappa shape index (κ2) is 8.32. The minimum atomic E-state index is -0.0676. The summed E-state index contributed by atoms with van der Waals surface area (Å²) in [5, 5.41) is 9.34. The van der Waals surface area contributed by atoms with Crippen LogP contribution < -0.4 is 9.47 Å². The molecule has 2 aromatic carbocycles. The van der Waals surface area contributed by atoms with Crippen LogP contribution in [0.15, 0.2) is 60.8 Å². The average Bonchev–Trinajstić information content (AvgIpc) is 3.16. The number of aliphatic hydroxyl groups excluding tert-OH is 1. The third kappa shape index (κ3) is 4.38. The minimum Gasteiger partial charge on any atom is -0.490 e. The molecule has 0 unspecified atom stereocenters. The van der Waals surface area contributed by atoms with Crippen molar-refractivity contribution in [3.63, 3.8) is 0 Å². The first-order valence-corrected chi connectivity index (χ1v) is 9.55. The highest BCUT2D eigenvalue weighted by Crippen LogP contribution is 2.34. The van der Waals surface area contributed by atoms with E-state index in [1.54, 1.807) is 6.20 Å². The topological polar surface area (TPSA) is 80.3 Å². The molecule has 0 saturated heterocycles. The van der Waals surface area contributed by atoms with E-state index in [9.17, 15) is 5.11 Å². The quantitative estimate of drug-likeness (QED) is 0.487. The highest BCUT2D eigenvalue weighted by molar-refractivity contribution is 5.78. The number of ether oxygens (including phenoxy) is 2. The summed E-state index contributed by atoms with van der Waals surface area (Å²) in [4.78, 5) is 12.2. The second-order valence-electron chi connectivity index (χ2n) is 7.06. The van der Waals surface area contributed by atoms with E-state index in [0.717, 1.165) is 28.0 Å². The van der Waals surface area contributed by atoms with Crippen molar-refractivity contribution in [3.8, 4) is 22.9 Å². The van der Waals surface area contributed by atoms with Crippen molar-refractivity contribution in [2.24, 2.45) is 0 Å². The number of imidazole rings is 1. The first-order chi connectivity index (χ1) is 14.1. The molecule has 0 spiro atoms. The SMILES string of the molecule is CC(C)Oc1ccc(OCc2ccccc2)cc1-c1nc2ncc(CO)cc2[nH]1. The third-order valence-corrected chi connectivity index (χ3v) is 4.39. The molecule has 0 aliphatic rings. The number of pyridine rings is 1. The zero-order valence-electron chi connectivity index (χ0n) is 16.4. The number of hydrogen-bond donors (Lipinski definition) is 2. The predicted octanol–water partition coefficient (Wildman–Crippen LogP) is 4.48. The molecule has 0 radical (unpaired) electrons. The molecule has 4 aromatic rings. The van der Waals surface area contributed by atoms with Gasteiger partial charge in [0.15, 0.2) is 5.65 Å². The molecule has 2 aromatic heterocycles. The fraction of sp³-hybridized carbons (Fsp3) is 0.217. The molecular formula is C23H23N3O3. The molecule has 0 amide bonds. The molecule has 4 rings (SSSR count). The maximum absolute atomic E-state index is 9.34. The van der Waals surface area contributed by atoms with Crippen LogP contribution in [0, 0.1) is 0 Å². The molecule has 0 bridgehead atoms. The van der Waals surface area contributed by atoms with Crippen LogP contribution in [-0.2, 0) is 13.2 Å². The number of aromatic amines is 1. The summed E-state index contributed by atoms with van der Waals surface area (Å²) >= 11 is 0. The summed E-state index contributed by atoms with van der Waals surface area (Å²) in [7, 11) is 0. The van der Waals surface area contributed by atoms with Gasteiger partial charge >= 0.3 is 0 Å². The Hall–Kier alpha value is -3.38. The lowest BCUT2D eigenvalue weighted by Crippen LogP contribution is -2.07. The van der Waals surface area contributed by atoms with Crippen LogP contribution >= 0.6 is 0 Å². The predicted molar refractivity (Wildman–Crippen MR) is 112 cm³/mol. The first-order valence-electron chi connectivity index (χ1n) is 9.55. The van der Waals surface area contributed by atoms with Gasteiger partial charge in [-0.1, -0.05) is 30.3 Å². The molecule has 0 atom stereocenters. The normalized spacial score (nSPS) is 11.2. The Morgan fingerprint density at radius 2 is 1.86 bits per heavy atom. The Bertz CT molecular complexity index is 1110. The van der Waals surface area contributed by atoms with Crippen LogP contribution in [0.3, 0.4) is 0 Å². The van der Waals surface area contributed by atoms with Crippen LogP contribution in [0.4, 0.5) is 0 Å². The molecule has 148 valence electrons. The van der Waals surface area contributed by atoms with Gasteiger partial charge in [0.05, 0.1) is 23.8 Å². The molecule has 2 N–H and O–H groups in total. The van der Waals surface area contributed by atoms with Gasteiger partial charge in [-0.3, -0.25) is 0 Å². The van der Waals surface area contributed by atoms with Crippen LogP contribution in [0.5, 0.6) is 11.5 Å². The number of hydrogen-bond acceptors (Lipinski definition) is 5. The van der Waals surface area contributed by atoms with E-state index in [-0.39, 0.29) is 12.7 Å². The number of H-pyrrole nitrogens is 1. The van der Waals surface area contributed by atoms with Crippen LogP contribution in [0.25, 0.3) is 22.6 Å². The van der Waals surface area contributed by atoms with E-state index < -0.39 is 0 Å². The van der Waals surface area contributed by atoms with E-state index in [0.29, 0.717) is 23.8 Å². The summed E-state index contributed by atoms with van der Waals surface area (Å²) < 4.78 is 12.0. The fourth-order valence-corrected chi connectivity index (χ4v) is 3.04. The Labute approximate surface area is 169 Å². The molecule has 0 saturated carbocycles. The zero-order valence-corrected chi connectivity index (χ0v) is 16.4. The van der Waals surface area contributed by atoms with Crippen molar-refractivity contribution < 1.29 is 14.6 Å². The standard InChI is InChI=1S/C23H23N3O3/c1-15(2)29-21-9-8-18(28-14-16-6-4-3-5-7-16)11-19(21)22-25-20-10-17(13-27)12-24-23(20)26-22/h3-12,15,27H,13-14H2,1-2H3,(H,24,25,26). The Morgan fingerprint density at radius 1 is 1.03 bits per heavy atom. The lowest BCUT2D eigenvalue weighted by atomic mass is 10.1. The van der Waals surface area contributed by atoms with Crippen LogP contribution in [0.2, 0.25) is 0 Å². The Morgan fingerprint density at radius 3 is 2.62 bits per heavy atom. The van der Waals surface area contributed by atoms with E-state index in [2.05, 4.69) is 15.0 Å². The van der Waals surface area contributed by atoms with Crippen molar-refractivity contribution in [1.29, 1.82) is 0 Å². The largest absolute Gasteiger partial charge is 0.490 e. The van der Waals surface area contributed by atoms with Gasteiger partial charge in [0.1, 0.15) is 23.9 Å². The molecule has 0 fully saturated rings. The molecule has 6 nitrogen and oxygen atoms in total. The van der Waals surface area contributed by atoms with Crippen LogP contribution in [0.1, 0.15) is 25.0 Å². The number of benzene rings is 2. The summed E-state index contributed by atoms with van der Waals surface area (Å²) in [6.45, 7) is 4.38. The Balaban J connectivity index is 1.69. The van der Waals surface area contributed by atoms with Gasteiger partial charge < -0.3 is 19.6 Å². The Kier molecular flexibility index (Phi) is 5.44. The number of aromatic nitrogens is 3. The van der Waals surface area contributed by atoms with E-state index in [1.807, 2.05) is 68.4 Å². The molecule has 0 aliphatic carbocycles. The maximum atomic E-state index is 9.34. The van der Waals surface area contributed by atoms with Crippen LogP contribution in [-0.4, -0.2) is 26.2 Å². The van der Waals surface area contributed by atoms with Crippen molar-refractivity contribution in [2.75, 3.05) is 0 Å². The van der Waals surface area contributed by atoms with Crippen molar-refractivity contribution in [3.05, 3.63) is 71.9 Å². The number of aliphatic hydroxyl groups is 1.